The second-order valence-electron chi connectivity index (χ2n) is 6.91. The second kappa shape index (κ2) is 10.7. The lowest BCUT2D eigenvalue weighted by Crippen LogP contribution is -2.25. The molecule has 0 unspecified atom stereocenters. The lowest BCUT2D eigenvalue weighted by atomic mass is 10.2. The standard InChI is InChI=1S/C23H23ClN2O3S2/c1-17-6-5-7-18(14-17)16-30-13-12-25-23(27)19-10-11-22(21(24)15-19)26-31(28,29)20-8-3-2-4-9-20/h2-11,14-15,26H,12-13,16H2,1H3,(H,25,27). The number of amides is 1. The maximum absolute atomic E-state index is 12.4. The van der Waals surface area contributed by atoms with Gasteiger partial charge in [-0.05, 0) is 42.8 Å². The van der Waals surface area contributed by atoms with Crippen LogP contribution in [0, 0.1) is 6.92 Å². The Hall–Kier alpha value is -2.48. The number of nitrogens with one attached hydrogen (secondary N) is 2. The number of thioether (sulfide) groups is 1. The predicted molar refractivity (Wildman–Crippen MR) is 128 cm³/mol. The Bertz CT molecular complexity index is 1150. The maximum Gasteiger partial charge on any atom is 0.261 e. The highest BCUT2D eigenvalue weighted by Gasteiger charge is 2.16. The van der Waals surface area contributed by atoms with Crippen molar-refractivity contribution < 1.29 is 13.2 Å². The van der Waals surface area contributed by atoms with E-state index in [2.05, 4.69) is 35.2 Å². The van der Waals surface area contributed by atoms with Crippen LogP contribution in [-0.4, -0.2) is 26.6 Å². The van der Waals surface area contributed by atoms with Gasteiger partial charge in [-0.3, -0.25) is 9.52 Å². The highest BCUT2D eigenvalue weighted by molar-refractivity contribution is 7.98. The van der Waals surface area contributed by atoms with Crippen LogP contribution in [0.4, 0.5) is 5.69 Å². The molecule has 2 N–H and O–H groups in total. The molecule has 0 fully saturated rings. The molecule has 3 aromatic rings. The molecule has 0 aromatic heterocycles. The molecule has 1 amide bonds. The van der Waals surface area contributed by atoms with E-state index in [-0.39, 0.29) is 21.5 Å². The molecule has 0 aliphatic heterocycles. The average Bonchev–Trinajstić information content (AvgIpc) is 2.75. The maximum atomic E-state index is 12.4. The average molecular weight is 475 g/mol. The summed E-state index contributed by atoms with van der Waals surface area (Å²) in [6.45, 7) is 2.59. The zero-order valence-corrected chi connectivity index (χ0v) is 19.4. The Balaban J connectivity index is 1.51. The van der Waals surface area contributed by atoms with Gasteiger partial charge in [-0.1, -0.05) is 59.6 Å². The van der Waals surface area contributed by atoms with Crippen LogP contribution >= 0.6 is 23.4 Å². The van der Waals surface area contributed by atoms with E-state index < -0.39 is 10.0 Å². The SMILES string of the molecule is Cc1cccc(CSCCNC(=O)c2ccc(NS(=O)(=O)c3ccccc3)c(Cl)c2)c1. The number of benzene rings is 3. The van der Waals surface area contributed by atoms with Gasteiger partial charge in [-0.2, -0.15) is 11.8 Å². The van der Waals surface area contributed by atoms with Gasteiger partial charge in [0, 0.05) is 23.6 Å². The van der Waals surface area contributed by atoms with E-state index in [0.717, 1.165) is 11.5 Å². The van der Waals surface area contributed by atoms with Crippen LogP contribution in [0.5, 0.6) is 0 Å². The lowest BCUT2D eigenvalue weighted by molar-refractivity contribution is 0.0956. The highest BCUT2D eigenvalue weighted by atomic mass is 35.5. The molecule has 0 spiro atoms. The molecule has 162 valence electrons. The summed E-state index contributed by atoms with van der Waals surface area (Å²) in [6.07, 6.45) is 0. The van der Waals surface area contributed by atoms with E-state index in [4.69, 9.17) is 11.6 Å². The molecule has 0 heterocycles. The first kappa shape index (κ1) is 23.2. The minimum absolute atomic E-state index is 0.135. The highest BCUT2D eigenvalue weighted by Crippen LogP contribution is 2.26. The Kier molecular flexibility index (Phi) is 8.01. The smallest absolute Gasteiger partial charge is 0.261 e. The van der Waals surface area contributed by atoms with Crippen molar-refractivity contribution >= 4 is 45.0 Å². The molecule has 5 nitrogen and oxygen atoms in total. The summed E-state index contributed by atoms with van der Waals surface area (Å²) in [4.78, 5) is 12.5. The van der Waals surface area contributed by atoms with Gasteiger partial charge in [0.1, 0.15) is 0 Å². The Morgan fingerprint density at radius 3 is 2.48 bits per heavy atom. The molecule has 3 rings (SSSR count). The summed E-state index contributed by atoms with van der Waals surface area (Å²) in [6, 6.07) is 20.9. The van der Waals surface area contributed by atoms with Crippen molar-refractivity contribution in [3.63, 3.8) is 0 Å². The van der Waals surface area contributed by atoms with E-state index in [9.17, 15) is 13.2 Å². The third kappa shape index (κ3) is 6.75. The van der Waals surface area contributed by atoms with Crippen molar-refractivity contribution in [2.45, 2.75) is 17.6 Å². The molecular formula is C23H23ClN2O3S2. The summed E-state index contributed by atoms with van der Waals surface area (Å²) in [7, 11) is -3.75. The number of carbonyl (C=O) groups is 1. The minimum Gasteiger partial charge on any atom is -0.351 e. The van der Waals surface area contributed by atoms with Crippen molar-refractivity contribution in [2.24, 2.45) is 0 Å². The van der Waals surface area contributed by atoms with Crippen LogP contribution in [0.25, 0.3) is 0 Å². The van der Waals surface area contributed by atoms with Crippen LogP contribution in [-0.2, 0) is 15.8 Å². The molecule has 3 aromatic carbocycles. The summed E-state index contributed by atoms with van der Waals surface area (Å²) in [5, 5.41) is 3.01. The van der Waals surface area contributed by atoms with Crippen molar-refractivity contribution in [1.29, 1.82) is 0 Å². The Morgan fingerprint density at radius 1 is 1.00 bits per heavy atom. The summed E-state index contributed by atoms with van der Waals surface area (Å²) >= 11 is 7.96. The summed E-state index contributed by atoms with van der Waals surface area (Å²) in [5.74, 6) is 1.41. The van der Waals surface area contributed by atoms with Crippen LogP contribution in [0.2, 0.25) is 5.02 Å². The number of aryl methyl sites for hydroxylation is 1. The molecule has 8 heteroatoms. The zero-order chi connectivity index (χ0) is 22.3. The number of rotatable bonds is 9. The lowest BCUT2D eigenvalue weighted by Gasteiger charge is -2.11. The molecule has 0 saturated heterocycles. The van der Waals surface area contributed by atoms with Crippen molar-refractivity contribution in [1.82, 2.24) is 5.32 Å². The quantitative estimate of drug-likeness (QED) is 0.422. The van der Waals surface area contributed by atoms with Crippen molar-refractivity contribution in [3.05, 3.63) is 94.5 Å². The number of hydrogen-bond acceptors (Lipinski definition) is 4. The van der Waals surface area contributed by atoms with Gasteiger partial charge in [0.25, 0.3) is 15.9 Å². The van der Waals surface area contributed by atoms with E-state index in [1.165, 1.54) is 35.4 Å². The van der Waals surface area contributed by atoms with Crippen LogP contribution in [0.1, 0.15) is 21.5 Å². The van der Waals surface area contributed by atoms with Gasteiger partial charge in [0.2, 0.25) is 0 Å². The molecule has 0 aliphatic carbocycles. The number of sulfonamides is 1. The van der Waals surface area contributed by atoms with Crippen molar-refractivity contribution in [3.8, 4) is 0 Å². The number of halogens is 1. The van der Waals surface area contributed by atoms with Gasteiger partial charge in [-0.25, -0.2) is 8.42 Å². The van der Waals surface area contributed by atoms with Gasteiger partial charge in [0.15, 0.2) is 0 Å². The molecule has 0 aliphatic rings. The van der Waals surface area contributed by atoms with Gasteiger partial charge in [0.05, 0.1) is 15.6 Å². The van der Waals surface area contributed by atoms with E-state index >= 15 is 0 Å². The van der Waals surface area contributed by atoms with Crippen LogP contribution in [0.3, 0.4) is 0 Å². The Morgan fingerprint density at radius 2 is 1.77 bits per heavy atom. The first-order valence-corrected chi connectivity index (χ1v) is 12.7. The molecule has 0 radical (unpaired) electrons. The Labute approximate surface area is 192 Å². The van der Waals surface area contributed by atoms with Gasteiger partial charge < -0.3 is 5.32 Å². The molecule has 31 heavy (non-hydrogen) atoms. The first-order valence-electron chi connectivity index (χ1n) is 9.64. The number of hydrogen-bond donors (Lipinski definition) is 2. The second-order valence-corrected chi connectivity index (χ2v) is 10.1. The fourth-order valence-corrected chi connectivity index (χ4v) is 5.06. The van der Waals surface area contributed by atoms with Crippen LogP contribution in [0.15, 0.2) is 77.7 Å². The van der Waals surface area contributed by atoms with E-state index in [1.54, 1.807) is 36.0 Å². The molecule has 0 atom stereocenters. The van der Waals surface area contributed by atoms with Gasteiger partial charge in [-0.15, -0.1) is 0 Å². The van der Waals surface area contributed by atoms with E-state index in [0.29, 0.717) is 12.1 Å². The summed E-state index contributed by atoms with van der Waals surface area (Å²) in [5.41, 5.74) is 3.08. The topological polar surface area (TPSA) is 75.3 Å². The van der Waals surface area contributed by atoms with Crippen molar-refractivity contribution in [2.75, 3.05) is 17.0 Å². The monoisotopic (exact) mass is 474 g/mol. The number of carbonyl (C=O) groups excluding carboxylic acids is 1. The molecule has 0 bridgehead atoms. The minimum atomic E-state index is -3.75. The summed E-state index contributed by atoms with van der Waals surface area (Å²) < 4.78 is 27.3. The third-order valence-corrected chi connectivity index (χ3v) is 7.14. The molecule has 0 saturated carbocycles. The number of anilines is 1. The predicted octanol–water partition coefficient (Wildman–Crippen LogP) is 5.11. The normalized spacial score (nSPS) is 11.2. The zero-order valence-electron chi connectivity index (χ0n) is 17.0. The third-order valence-electron chi connectivity index (χ3n) is 4.41. The molecular weight excluding hydrogens is 452 g/mol. The van der Waals surface area contributed by atoms with E-state index in [1.807, 2.05) is 6.07 Å². The fourth-order valence-electron chi connectivity index (χ4n) is 2.87. The van der Waals surface area contributed by atoms with Crippen LogP contribution < -0.4 is 10.0 Å². The first-order chi connectivity index (χ1) is 14.8. The van der Waals surface area contributed by atoms with Gasteiger partial charge >= 0.3 is 0 Å². The largest absolute Gasteiger partial charge is 0.351 e. The fraction of sp³-hybridized carbons (Fsp3) is 0.174.